The predicted molar refractivity (Wildman–Crippen MR) is 112 cm³/mol. The fraction of sp³-hybridized carbons (Fsp3) is 0.500. The Labute approximate surface area is 176 Å². The Morgan fingerprint density at radius 3 is 2.97 bits per heavy atom. The van der Waals surface area contributed by atoms with Gasteiger partial charge in [0.25, 0.3) is 24.2 Å². The van der Waals surface area contributed by atoms with Gasteiger partial charge in [-0.15, -0.1) is 11.3 Å². The number of amides is 1. The van der Waals surface area contributed by atoms with Gasteiger partial charge >= 0.3 is 0 Å². The zero-order chi connectivity index (χ0) is 20.8. The fourth-order valence-electron chi connectivity index (χ4n) is 4.23. The van der Waals surface area contributed by atoms with Crippen molar-refractivity contribution in [2.45, 2.75) is 43.9 Å². The molecule has 0 spiro atoms. The van der Waals surface area contributed by atoms with Gasteiger partial charge < -0.3 is 15.0 Å². The molecule has 9 nitrogen and oxygen atoms in total. The predicted octanol–water partition coefficient (Wildman–Crippen LogP) is 1.47. The second-order valence-electron chi connectivity index (χ2n) is 8.12. The molecule has 0 bridgehead atoms. The summed E-state index contributed by atoms with van der Waals surface area (Å²) in [5.74, 6) is 0.423. The Hall–Kier alpha value is -2.72. The minimum Gasteiger partial charge on any atom is -0.432 e. The van der Waals surface area contributed by atoms with E-state index in [0.29, 0.717) is 12.1 Å². The molecule has 2 aliphatic rings. The summed E-state index contributed by atoms with van der Waals surface area (Å²) in [7, 11) is 2.00. The third-order valence-corrected chi connectivity index (χ3v) is 6.73. The van der Waals surface area contributed by atoms with Gasteiger partial charge in [-0.3, -0.25) is 18.8 Å². The number of fused-ring (bicyclic) bond motifs is 3. The van der Waals surface area contributed by atoms with E-state index in [0.717, 1.165) is 53.0 Å². The normalized spacial score (nSPS) is 21.0. The van der Waals surface area contributed by atoms with Crippen LogP contribution >= 0.6 is 11.3 Å². The lowest BCUT2D eigenvalue weighted by atomic mass is 10.1. The van der Waals surface area contributed by atoms with Crippen LogP contribution in [-0.2, 0) is 14.3 Å². The molecule has 1 N–H and O–H groups in total. The standard InChI is InChI=1S/C20H23N5O4S/c1-23-7-2-3-14(10-23)21-17(27)19(29-11-26)25-18(28)15-9-13-6-8-30-20(13)24(15)16(22-25)12-4-5-12/h6,8-9,11-12,14,19H,2-5,7,10H2,1H3,(H,21,27)/t14?,19-/m1/s1. The van der Waals surface area contributed by atoms with E-state index in [4.69, 9.17) is 4.74 Å². The van der Waals surface area contributed by atoms with Crippen molar-refractivity contribution in [2.24, 2.45) is 0 Å². The van der Waals surface area contributed by atoms with Crippen molar-refractivity contribution in [2.75, 3.05) is 20.1 Å². The summed E-state index contributed by atoms with van der Waals surface area (Å²) >= 11 is 1.55. The van der Waals surface area contributed by atoms with E-state index in [-0.39, 0.29) is 18.4 Å². The molecule has 4 heterocycles. The SMILES string of the molecule is CN1CCCC(NC(=O)[C@@H](OC=O)n2nc(C3CC3)n3c(cc4ccsc43)c2=O)C1. The number of likely N-dealkylation sites (tertiary alicyclic amines) is 1. The number of carbonyl (C=O) groups is 2. The summed E-state index contributed by atoms with van der Waals surface area (Å²) in [5, 5.41) is 10.4. The van der Waals surface area contributed by atoms with Gasteiger partial charge in [0.15, 0.2) is 0 Å². The van der Waals surface area contributed by atoms with Crippen LogP contribution < -0.4 is 10.9 Å². The van der Waals surface area contributed by atoms with Gasteiger partial charge in [0.1, 0.15) is 16.2 Å². The van der Waals surface area contributed by atoms with Gasteiger partial charge in [-0.2, -0.15) is 9.78 Å². The van der Waals surface area contributed by atoms with Crippen LogP contribution in [0.3, 0.4) is 0 Å². The highest BCUT2D eigenvalue weighted by Crippen LogP contribution is 2.40. The Morgan fingerprint density at radius 2 is 2.23 bits per heavy atom. The van der Waals surface area contributed by atoms with Crippen LogP contribution in [0.4, 0.5) is 0 Å². The van der Waals surface area contributed by atoms with Gasteiger partial charge in [0.05, 0.1) is 0 Å². The maximum Gasteiger partial charge on any atom is 0.295 e. The number of hydrogen-bond acceptors (Lipinski definition) is 7. The van der Waals surface area contributed by atoms with Gasteiger partial charge in [0, 0.05) is 23.9 Å². The first-order chi connectivity index (χ1) is 14.6. The van der Waals surface area contributed by atoms with E-state index in [9.17, 15) is 14.4 Å². The first kappa shape index (κ1) is 19.3. The summed E-state index contributed by atoms with van der Waals surface area (Å²) in [6.45, 7) is 1.89. The molecule has 0 aromatic carbocycles. The van der Waals surface area contributed by atoms with Crippen molar-refractivity contribution in [1.29, 1.82) is 0 Å². The molecule has 3 aromatic rings. The van der Waals surface area contributed by atoms with Crippen molar-refractivity contribution in [3.05, 3.63) is 33.7 Å². The number of hydrogen-bond donors (Lipinski definition) is 1. The van der Waals surface area contributed by atoms with Crippen LogP contribution in [0.25, 0.3) is 15.7 Å². The fourth-order valence-corrected chi connectivity index (χ4v) is 5.14. The van der Waals surface area contributed by atoms with Crippen molar-refractivity contribution in [3.8, 4) is 0 Å². The maximum atomic E-state index is 13.3. The van der Waals surface area contributed by atoms with Crippen LogP contribution in [0.2, 0.25) is 0 Å². The maximum absolute atomic E-state index is 13.3. The smallest absolute Gasteiger partial charge is 0.295 e. The largest absolute Gasteiger partial charge is 0.432 e. The van der Waals surface area contributed by atoms with Crippen LogP contribution in [-0.4, -0.2) is 57.6 Å². The van der Waals surface area contributed by atoms with Crippen LogP contribution in [0.5, 0.6) is 0 Å². The molecule has 158 valence electrons. The van der Waals surface area contributed by atoms with E-state index < -0.39 is 17.7 Å². The van der Waals surface area contributed by atoms with E-state index in [1.165, 1.54) is 0 Å². The van der Waals surface area contributed by atoms with E-state index in [1.807, 2.05) is 29.0 Å². The van der Waals surface area contributed by atoms with Gasteiger partial charge in [-0.05, 0) is 56.8 Å². The van der Waals surface area contributed by atoms with Crippen molar-refractivity contribution >= 4 is 39.4 Å². The Balaban J connectivity index is 1.56. The number of thiophene rings is 1. The average Bonchev–Trinajstić information content (AvgIpc) is 3.35. The van der Waals surface area contributed by atoms with E-state index >= 15 is 0 Å². The minimum atomic E-state index is -1.43. The molecular formula is C20H23N5O4S. The molecule has 0 radical (unpaired) electrons. The third-order valence-electron chi connectivity index (χ3n) is 5.82. The van der Waals surface area contributed by atoms with Crippen molar-refractivity contribution in [1.82, 2.24) is 24.4 Å². The molecule has 1 amide bonds. The Morgan fingerprint density at radius 1 is 1.40 bits per heavy atom. The van der Waals surface area contributed by atoms with Crippen molar-refractivity contribution < 1.29 is 14.3 Å². The molecule has 1 unspecified atom stereocenters. The lowest BCUT2D eigenvalue weighted by Gasteiger charge is -2.31. The number of carbonyl (C=O) groups excluding carboxylic acids is 2. The van der Waals surface area contributed by atoms with Crippen LogP contribution in [0.15, 0.2) is 22.3 Å². The number of aromatic nitrogens is 3. The second-order valence-corrected chi connectivity index (χ2v) is 9.02. The second kappa shape index (κ2) is 7.51. The monoisotopic (exact) mass is 429 g/mol. The number of piperidine rings is 1. The molecule has 2 atom stereocenters. The molecule has 1 saturated carbocycles. The van der Waals surface area contributed by atoms with E-state index in [1.54, 1.807) is 11.3 Å². The number of ether oxygens (including phenoxy) is 1. The quantitative estimate of drug-likeness (QED) is 0.596. The van der Waals surface area contributed by atoms with Gasteiger partial charge in [0.2, 0.25) is 0 Å². The lowest BCUT2D eigenvalue weighted by Crippen LogP contribution is -2.50. The number of likely N-dealkylation sites (N-methyl/N-ethyl adjacent to an activating group) is 1. The van der Waals surface area contributed by atoms with Crippen molar-refractivity contribution in [3.63, 3.8) is 0 Å². The van der Waals surface area contributed by atoms with Crippen LogP contribution in [0.1, 0.15) is 43.7 Å². The summed E-state index contributed by atoms with van der Waals surface area (Å²) in [4.78, 5) is 40.5. The molecule has 10 heteroatoms. The first-order valence-corrected chi connectivity index (χ1v) is 11.0. The Bertz CT molecular complexity index is 1180. The number of nitrogens with zero attached hydrogens (tertiary/aromatic N) is 4. The van der Waals surface area contributed by atoms with Crippen LogP contribution in [0, 0.1) is 0 Å². The lowest BCUT2D eigenvalue weighted by molar-refractivity contribution is -0.152. The molecule has 1 aliphatic heterocycles. The topological polar surface area (TPSA) is 97.9 Å². The molecule has 3 aromatic heterocycles. The minimum absolute atomic E-state index is 0.0602. The molecular weight excluding hydrogens is 406 g/mol. The summed E-state index contributed by atoms with van der Waals surface area (Å²) in [6.07, 6.45) is 2.33. The highest BCUT2D eigenvalue weighted by Gasteiger charge is 2.34. The number of rotatable bonds is 6. The molecule has 5 rings (SSSR count). The van der Waals surface area contributed by atoms with E-state index in [2.05, 4.69) is 15.3 Å². The highest BCUT2D eigenvalue weighted by molar-refractivity contribution is 7.16. The summed E-state index contributed by atoms with van der Waals surface area (Å²) in [6, 6.07) is 3.71. The summed E-state index contributed by atoms with van der Waals surface area (Å²) < 4.78 is 8.01. The molecule has 1 saturated heterocycles. The number of nitrogens with one attached hydrogen (secondary N) is 1. The molecule has 2 fully saturated rings. The Kier molecular flexibility index (Phi) is 4.82. The average molecular weight is 430 g/mol. The third kappa shape index (κ3) is 3.29. The van der Waals surface area contributed by atoms with Gasteiger partial charge in [-0.1, -0.05) is 0 Å². The first-order valence-electron chi connectivity index (χ1n) is 10.2. The highest BCUT2D eigenvalue weighted by atomic mass is 32.1. The molecule has 1 aliphatic carbocycles. The van der Waals surface area contributed by atoms with Gasteiger partial charge in [-0.25, -0.2) is 0 Å². The molecule has 30 heavy (non-hydrogen) atoms. The summed E-state index contributed by atoms with van der Waals surface area (Å²) in [5.41, 5.74) is -0.0102. The zero-order valence-electron chi connectivity index (χ0n) is 16.6. The zero-order valence-corrected chi connectivity index (χ0v) is 17.4.